The van der Waals surface area contributed by atoms with Gasteiger partial charge in [-0.1, -0.05) is 6.92 Å². The Balaban J connectivity index is 2.84. The highest BCUT2D eigenvalue weighted by Crippen LogP contribution is 2.25. The van der Waals surface area contributed by atoms with Crippen molar-refractivity contribution in [1.29, 1.82) is 0 Å². The summed E-state index contributed by atoms with van der Waals surface area (Å²) in [7, 11) is 1.53. The summed E-state index contributed by atoms with van der Waals surface area (Å²) in [6.07, 6.45) is 0.332. The monoisotopic (exact) mass is 315 g/mol. The number of nitrogens with one attached hydrogen (secondary N) is 1. The summed E-state index contributed by atoms with van der Waals surface area (Å²) in [5.74, 6) is -0.858. The highest BCUT2D eigenvalue weighted by Gasteiger charge is 2.18. The Morgan fingerprint density at radius 3 is 2.61 bits per heavy atom. The fourth-order valence-electron chi connectivity index (χ4n) is 1.39. The van der Waals surface area contributed by atoms with Crippen LogP contribution in [0.15, 0.2) is 22.7 Å². The molecule has 0 radical (unpaired) electrons. The first kappa shape index (κ1) is 14.5. The minimum atomic E-state index is -1.04. The van der Waals surface area contributed by atoms with Crippen LogP contribution in [0.25, 0.3) is 0 Å². The molecule has 1 amide bonds. The molecule has 1 unspecified atom stereocenters. The quantitative estimate of drug-likeness (QED) is 0.872. The Hall–Kier alpha value is -1.56. The zero-order valence-electron chi connectivity index (χ0n) is 10.1. The fraction of sp³-hybridized carbons (Fsp3) is 0.333. The van der Waals surface area contributed by atoms with Gasteiger partial charge in [0.1, 0.15) is 11.8 Å². The van der Waals surface area contributed by atoms with E-state index < -0.39 is 17.9 Å². The Morgan fingerprint density at radius 2 is 2.17 bits per heavy atom. The normalized spacial score (nSPS) is 11.7. The predicted molar refractivity (Wildman–Crippen MR) is 69.9 cm³/mol. The Kier molecular flexibility index (Phi) is 5.15. The van der Waals surface area contributed by atoms with Crippen LogP contribution in [0.2, 0.25) is 0 Å². The third-order valence-corrected chi connectivity index (χ3v) is 3.05. The van der Waals surface area contributed by atoms with E-state index in [1.165, 1.54) is 7.11 Å². The topological polar surface area (TPSA) is 75.6 Å². The molecule has 1 aromatic rings. The van der Waals surface area contributed by atoms with Crippen molar-refractivity contribution in [1.82, 2.24) is 5.32 Å². The molecule has 0 saturated heterocycles. The molecule has 0 aliphatic heterocycles. The summed E-state index contributed by atoms with van der Waals surface area (Å²) in [4.78, 5) is 22.7. The molecule has 98 valence electrons. The van der Waals surface area contributed by atoms with Crippen molar-refractivity contribution in [3.05, 3.63) is 28.2 Å². The average molecular weight is 316 g/mol. The van der Waals surface area contributed by atoms with E-state index in [2.05, 4.69) is 21.2 Å². The number of aliphatic carboxylic acids is 1. The molecule has 0 fully saturated rings. The van der Waals surface area contributed by atoms with Gasteiger partial charge < -0.3 is 15.2 Å². The van der Waals surface area contributed by atoms with Crippen molar-refractivity contribution in [2.75, 3.05) is 7.11 Å². The summed E-state index contributed by atoms with van der Waals surface area (Å²) in [5, 5.41) is 11.3. The van der Waals surface area contributed by atoms with E-state index in [-0.39, 0.29) is 0 Å². The summed E-state index contributed by atoms with van der Waals surface area (Å²) >= 11 is 3.27. The number of halogens is 1. The molecule has 5 nitrogen and oxygen atoms in total. The van der Waals surface area contributed by atoms with Crippen molar-refractivity contribution in [2.24, 2.45) is 0 Å². The molecule has 1 atom stereocenters. The number of methoxy groups -OCH3 is 1. The van der Waals surface area contributed by atoms with E-state index in [0.717, 1.165) is 0 Å². The zero-order chi connectivity index (χ0) is 13.7. The zero-order valence-corrected chi connectivity index (χ0v) is 11.7. The number of amides is 1. The molecule has 0 bridgehead atoms. The Morgan fingerprint density at radius 1 is 1.50 bits per heavy atom. The van der Waals surface area contributed by atoms with E-state index in [1.54, 1.807) is 25.1 Å². The molecule has 0 aliphatic carbocycles. The van der Waals surface area contributed by atoms with Crippen LogP contribution in [0.4, 0.5) is 0 Å². The van der Waals surface area contributed by atoms with Crippen LogP contribution in [0.5, 0.6) is 5.75 Å². The first-order valence-electron chi connectivity index (χ1n) is 5.36. The number of ether oxygens (including phenoxy) is 1. The highest BCUT2D eigenvalue weighted by molar-refractivity contribution is 9.10. The number of hydrogen-bond donors (Lipinski definition) is 2. The molecular weight excluding hydrogens is 302 g/mol. The van der Waals surface area contributed by atoms with Crippen molar-refractivity contribution >= 4 is 27.8 Å². The van der Waals surface area contributed by atoms with Crippen molar-refractivity contribution in [3.63, 3.8) is 0 Å². The molecule has 0 spiro atoms. The molecule has 1 rings (SSSR count). The second-order valence-corrected chi connectivity index (χ2v) is 4.48. The van der Waals surface area contributed by atoms with E-state index >= 15 is 0 Å². The van der Waals surface area contributed by atoms with Gasteiger partial charge in [0.25, 0.3) is 5.91 Å². The largest absolute Gasteiger partial charge is 0.496 e. The SMILES string of the molecule is CCC(NC(=O)c1ccc(OC)c(Br)c1)C(=O)O. The average Bonchev–Trinajstić information content (AvgIpc) is 2.35. The van der Waals surface area contributed by atoms with Crippen LogP contribution in [0.3, 0.4) is 0 Å². The van der Waals surface area contributed by atoms with Gasteiger partial charge in [-0.25, -0.2) is 4.79 Å². The number of carbonyl (C=O) groups excluding carboxylic acids is 1. The molecule has 18 heavy (non-hydrogen) atoms. The molecular formula is C12H14BrNO4. The van der Waals surface area contributed by atoms with E-state index in [0.29, 0.717) is 22.2 Å². The van der Waals surface area contributed by atoms with Gasteiger partial charge in [-0.05, 0) is 40.5 Å². The van der Waals surface area contributed by atoms with Gasteiger partial charge in [0.2, 0.25) is 0 Å². The molecule has 0 aromatic heterocycles. The highest BCUT2D eigenvalue weighted by atomic mass is 79.9. The summed E-state index contributed by atoms with van der Waals surface area (Å²) in [6.45, 7) is 1.70. The maximum absolute atomic E-state index is 11.8. The number of rotatable bonds is 5. The van der Waals surface area contributed by atoms with Crippen LogP contribution < -0.4 is 10.1 Å². The van der Waals surface area contributed by atoms with Gasteiger partial charge in [0, 0.05) is 5.56 Å². The van der Waals surface area contributed by atoms with E-state index in [4.69, 9.17) is 9.84 Å². The van der Waals surface area contributed by atoms with E-state index in [1.807, 2.05) is 0 Å². The van der Waals surface area contributed by atoms with Gasteiger partial charge in [-0.2, -0.15) is 0 Å². The molecule has 2 N–H and O–H groups in total. The number of benzene rings is 1. The van der Waals surface area contributed by atoms with Crippen LogP contribution in [0.1, 0.15) is 23.7 Å². The molecule has 0 saturated carbocycles. The standard InChI is InChI=1S/C12H14BrNO4/c1-3-9(12(16)17)14-11(15)7-4-5-10(18-2)8(13)6-7/h4-6,9H,3H2,1-2H3,(H,14,15)(H,16,17). The third-order valence-electron chi connectivity index (χ3n) is 2.43. The molecule has 0 aliphatic rings. The molecule has 6 heteroatoms. The third kappa shape index (κ3) is 3.46. The second kappa shape index (κ2) is 6.39. The van der Waals surface area contributed by atoms with Crippen LogP contribution >= 0.6 is 15.9 Å². The van der Waals surface area contributed by atoms with Gasteiger partial charge in [0.05, 0.1) is 11.6 Å². The number of hydrogen-bond acceptors (Lipinski definition) is 3. The first-order valence-corrected chi connectivity index (χ1v) is 6.16. The lowest BCUT2D eigenvalue weighted by Crippen LogP contribution is -2.40. The minimum Gasteiger partial charge on any atom is -0.496 e. The first-order chi connectivity index (χ1) is 8.49. The van der Waals surface area contributed by atoms with Crippen molar-refractivity contribution in [3.8, 4) is 5.75 Å². The maximum Gasteiger partial charge on any atom is 0.326 e. The Bertz CT molecular complexity index is 461. The summed E-state index contributed by atoms with van der Waals surface area (Å²) in [6, 6.07) is 3.93. The smallest absolute Gasteiger partial charge is 0.326 e. The number of carboxylic acids is 1. The van der Waals surface area contributed by atoms with E-state index in [9.17, 15) is 9.59 Å². The molecule has 0 heterocycles. The minimum absolute atomic E-state index is 0.332. The lowest BCUT2D eigenvalue weighted by Gasteiger charge is -2.12. The lowest BCUT2D eigenvalue weighted by atomic mass is 10.1. The Labute approximate surface area is 113 Å². The predicted octanol–water partition coefficient (Wildman–Crippen LogP) is 2.05. The van der Waals surface area contributed by atoms with Gasteiger partial charge >= 0.3 is 5.97 Å². The fourth-order valence-corrected chi connectivity index (χ4v) is 1.93. The summed E-state index contributed by atoms with van der Waals surface area (Å²) < 4.78 is 5.69. The summed E-state index contributed by atoms with van der Waals surface area (Å²) in [5.41, 5.74) is 0.377. The number of carbonyl (C=O) groups is 2. The maximum atomic E-state index is 11.8. The van der Waals surface area contributed by atoms with Crippen molar-refractivity contribution < 1.29 is 19.4 Å². The lowest BCUT2D eigenvalue weighted by molar-refractivity contribution is -0.139. The van der Waals surface area contributed by atoms with Crippen LogP contribution in [-0.4, -0.2) is 30.1 Å². The van der Waals surface area contributed by atoms with Crippen LogP contribution in [-0.2, 0) is 4.79 Å². The van der Waals surface area contributed by atoms with Gasteiger partial charge in [0.15, 0.2) is 0 Å². The van der Waals surface area contributed by atoms with Gasteiger partial charge in [-0.15, -0.1) is 0 Å². The number of carboxylic acid groups (broad SMARTS) is 1. The van der Waals surface area contributed by atoms with Crippen molar-refractivity contribution in [2.45, 2.75) is 19.4 Å². The van der Waals surface area contributed by atoms with Gasteiger partial charge in [-0.3, -0.25) is 4.79 Å². The van der Waals surface area contributed by atoms with Crippen LogP contribution in [0, 0.1) is 0 Å². The molecule has 1 aromatic carbocycles. The second-order valence-electron chi connectivity index (χ2n) is 3.62.